The van der Waals surface area contributed by atoms with E-state index < -0.39 is 0 Å². The van der Waals surface area contributed by atoms with Crippen LogP contribution < -0.4 is 10.5 Å². The molecule has 3 rings (SSSR count). The third kappa shape index (κ3) is 3.52. The van der Waals surface area contributed by atoms with Crippen LogP contribution in [-0.2, 0) is 4.79 Å². The Morgan fingerprint density at radius 3 is 2.61 bits per heavy atom. The summed E-state index contributed by atoms with van der Waals surface area (Å²) in [6.07, 6.45) is 5.05. The minimum absolute atomic E-state index is 0.135. The van der Waals surface area contributed by atoms with Crippen LogP contribution in [0.4, 0.5) is 0 Å². The molecule has 1 aliphatic heterocycles. The van der Waals surface area contributed by atoms with E-state index in [0.29, 0.717) is 17.9 Å². The fraction of sp³-hybridized carbons (Fsp3) is 0.632. The Bertz CT molecular complexity index is 543. The van der Waals surface area contributed by atoms with Gasteiger partial charge in [0.25, 0.3) is 0 Å². The number of rotatable bonds is 3. The predicted molar refractivity (Wildman–Crippen MR) is 91.5 cm³/mol. The predicted octanol–water partition coefficient (Wildman–Crippen LogP) is 2.92. The minimum atomic E-state index is 0.135. The van der Waals surface area contributed by atoms with E-state index in [1.54, 1.807) is 7.11 Å². The second-order valence-electron chi connectivity index (χ2n) is 7.17. The van der Waals surface area contributed by atoms with Crippen molar-refractivity contribution in [2.24, 2.45) is 11.7 Å². The summed E-state index contributed by atoms with van der Waals surface area (Å²) in [4.78, 5) is 15.0. The Kier molecular flexibility index (Phi) is 4.90. The molecule has 0 spiro atoms. The van der Waals surface area contributed by atoms with Crippen LogP contribution in [0.25, 0.3) is 0 Å². The molecule has 1 aromatic rings. The lowest BCUT2D eigenvalue weighted by Crippen LogP contribution is -2.42. The molecule has 2 aliphatic rings. The average molecular weight is 316 g/mol. The molecule has 0 bridgehead atoms. The van der Waals surface area contributed by atoms with Gasteiger partial charge in [0.1, 0.15) is 5.75 Å². The van der Waals surface area contributed by atoms with Crippen molar-refractivity contribution < 1.29 is 9.53 Å². The van der Waals surface area contributed by atoms with Gasteiger partial charge in [-0.2, -0.15) is 0 Å². The fourth-order valence-corrected chi connectivity index (χ4v) is 4.14. The van der Waals surface area contributed by atoms with Crippen LogP contribution >= 0.6 is 0 Å². The summed E-state index contributed by atoms with van der Waals surface area (Å²) in [5.74, 6) is 1.76. The molecule has 4 atom stereocenters. The zero-order valence-corrected chi connectivity index (χ0v) is 14.2. The summed E-state index contributed by atoms with van der Waals surface area (Å²) < 4.78 is 5.23. The molecule has 2 fully saturated rings. The average Bonchev–Trinajstić information content (AvgIpc) is 2.96. The summed E-state index contributed by atoms with van der Waals surface area (Å²) in [7, 11) is 1.68. The van der Waals surface area contributed by atoms with Crippen molar-refractivity contribution in [2.75, 3.05) is 13.7 Å². The highest BCUT2D eigenvalue weighted by molar-refractivity contribution is 5.79. The largest absolute Gasteiger partial charge is 0.497 e. The van der Waals surface area contributed by atoms with E-state index in [1.807, 2.05) is 12.1 Å². The quantitative estimate of drug-likeness (QED) is 0.933. The molecule has 1 saturated carbocycles. The standard InChI is InChI=1S/C19H28N2O2/c1-13-10-16(14-6-8-18(23-2)9-7-14)12-21(13)19(22)15-4-3-5-17(20)11-15/h6-9,13,15-17H,3-5,10-12,20H2,1-2H3. The van der Waals surface area contributed by atoms with Gasteiger partial charge in [-0.05, 0) is 50.3 Å². The van der Waals surface area contributed by atoms with E-state index in [4.69, 9.17) is 10.5 Å². The molecular formula is C19H28N2O2. The van der Waals surface area contributed by atoms with Crippen LogP contribution in [0.2, 0.25) is 0 Å². The SMILES string of the molecule is COc1ccc(C2CC(C)N(C(=O)C3CCCC(N)C3)C2)cc1. The maximum absolute atomic E-state index is 12.9. The number of amides is 1. The monoisotopic (exact) mass is 316 g/mol. The zero-order valence-electron chi connectivity index (χ0n) is 14.2. The molecule has 1 aliphatic carbocycles. The number of benzene rings is 1. The first-order chi connectivity index (χ1) is 11.1. The normalized spacial score (nSPS) is 31.2. The Hall–Kier alpha value is -1.55. The van der Waals surface area contributed by atoms with Crippen LogP contribution in [0.1, 0.15) is 50.5 Å². The number of nitrogens with zero attached hydrogens (tertiary/aromatic N) is 1. The molecule has 126 valence electrons. The molecule has 1 saturated heterocycles. The third-order valence-electron chi connectivity index (χ3n) is 5.51. The van der Waals surface area contributed by atoms with Gasteiger partial charge in [-0.25, -0.2) is 0 Å². The van der Waals surface area contributed by atoms with Gasteiger partial charge in [0, 0.05) is 30.5 Å². The Labute approximate surface area is 139 Å². The molecule has 0 radical (unpaired) electrons. The number of carbonyl (C=O) groups is 1. The first-order valence-corrected chi connectivity index (χ1v) is 8.78. The lowest BCUT2D eigenvalue weighted by atomic mass is 9.85. The molecule has 4 unspecified atom stereocenters. The fourth-order valence-electron chi connectivity index (χ4n) is 4.14. The van der Waals surface area contributed by atoms with Gasteiger partial charge in [-0.1, -0.05) is 18.6 Å². The number of ether oxygens (including phenoxy) is 1. The van der Waals surface area contributed by atoms with Crippen molar-refractivity contribution in [3.8, 4) is 5.75 Å². The summed E-state index contributed by atoms with van der Waals surface area (Å²) in [6, 6.07) is 8.78. The van der Waals surface area contributed by atoms with Gasteiger partial charge in [-0.15, -0.1) is 0 Å². The topological polar surface area (TPSA) is 55.6 Å². The highest BCUT2D eigenvalue weighted by atomic mass is 16.5. The molecule has 0 aromatic heterocycles. The van der Waals surface area contributed by atoms with E-state index in [0.717, 1.165) is 44.4 Å². The van der Waals surface area contributed by atoms with Crippen LogP contribution in [0, 0.1) is 5.92 Å². The lowest BCUT2D eigenvalue weighted by molar-refractivity contribution is -0.137. The van der Waals surface area contributed by atoms with E-state index in [9.17, 15) is 4.79 Å². The van der Waals surface area contributed by atoms with Crippen LogP contribution in [0.15, 0.2) is 24.3 Å². The molecule has 1 amide bonds. The summed E-state index contributed by atoms with van der Waals surface area (Å²) in [5, 5.41) is 0. The van der Waals surface area contributed by atoms with E-state index in [2.05, 4.69) is 24.0 Å². The van der Waals surface area contributed by atoms with E-state index in [1.165, 1.54) is 5.56 Å². The maximum atomic E-state index is 12.9. The van der Waals surface area contributed by atoms with Gasteiger partial charge < -0.3 is 15.4 Å². The van der Waals surface area contributed by atoms with Gasteiger partial charge in [-0.3, -0.25) is 4.79 Å². The number of hydrogen-bond donors (Lipinski definition) is 1. The number of likely N-dealkylation sites (tertiary alicyclic amines) is 1. The smallest absolute Gasteiger partial charge is 0.225 e. The Morgan fingerprint density at radius 2 is 1.96 bits per heavy atom. The molecule has 2 N–H and O–H groups in total. The number of hydrogen-bond acceptors (Lipinski definition) is 3. The minimum Gasteiger partial charge on any atom is -0.497 e. The lowest BCUT2D eigenvalue weighted by Gasteiger charge is -2.31. The van der Waals surface area contributed by atoms with Gasteiger partial charge in [0.2, 0.25) is 5.91 Å². The first-order valence-electron chi connectivity index (χ1n) is 8.78. The van der Waals surface area contributed by atoms with E-state index in [-0.39, 0.29) is 12.0 Å². The second kappa shape index (κ2) is 6.91. The molecule has 4 nitrogen and oxygen atoms in total. The van der Waals surface area contributed by atoms with E-state index >= 15 is 0 Å². The van der Waals surface area contributed by atoms with Gasteiger partial charge in [0.05, 0.1) is 7.11 Å². The number of methoxy groups -OCH3 is 1. The Balaban J connectivity index is 1.66. The highest BCUT2D eigenvalue weighted by Gasteiger charge is 2.37. The molecular weight excluding hydrogens is 288 g/mol. The molecule has 1 aromatic carbocycles. The first kappa shape index (κ1) is 16.3. The van der Waals surface area contributed by atoms with Crippen molar-refractivity contribution in [2.45, 2.75) is 57.0 Å². The second-order valence-corrected chi connectivity index (χ2v) is 7.17. The molecule has 1 heterocycles. The Morgan fingerprint density at radius 1 is 1.22 bits per heavy atom. The summed E-state index contributed by atoms with van der Waals surface area (Å²) in [5.41, 5.74) is 7.36. The van der Waals surface area contributed by atoms with Gasteiger partial charge >= 0.3 is 0 Å². The molecule has 4 heteroatoms. The molecule has 23 heavy (non-hydrogen) atoms. The van der Waals surface area contributed by atoms with Gasteiger partial charge in [0.15, 0.2) is 0 Å². The number of carbonyl (C=O) groups excluding carboxylic acids is 1. The maximum Gasteiger partial charge on any atom is 0.225 e. The number of nitrogens with two attached hydrogens (primary N) is 1. The van der Waals surface area contributed by atoms with Crippen molar-refractivity contribution in [3.05, 3.63) is 29.8 Å². The van der Waals surface area contributed by atoms with Crippen molar-refractivity contribution in [1.29, 1.82) is 0 Å². The van der Waals surface area contributed by atoms with Crippen LogP contribution in [0.3, 0.4) is 0 Å². The van der Waals surface area contributed by atoms with Crippen molar-refractivity contribution >= 4 is 5.91 Å². The van der Waals surface area contributed by atoms with Crippen LogP contribution in [0.5, 0.6) is 5.75 Å². The van der Waals surface area contributed by atoms with Crippen molar-refractivity contribution in [3.63, 3.8) is 0 Å². The van der Waals surface area contributed by atoms with Crippen LogP contribution in [-0.4, -0.2) is 36.5 Å². The zero-order chi connectivity index (χ0) is 16.4. The third-order valence-corrected chi connectivity index (χ3v) is 5.51. The summed E-state index contributed by atoms with van der Waals surface area (Å²) >= 11 is 0. The summed E-state index contributed by atoms with van der Waals surface area (Å²) in [6.45, 7) is 3.00. The highest BCUT2D eigenvalue weighted by Crippen LogP contribution is 2.35. The van der Waals surface area contributed by atoms with Crippen molar-refractivity contribution in [1.82, 2.24) is 4.90 Å².